The van der Waals surface area contributed by atoms with Gasteiger partial charge in [-0.15, -0.1) is 0 Å². The summed E-state index contributed by atoms with van der Waals surface area (Å²) in [6.45, 7) is 5.61. The maximum absolute atomic E-state index is 13.1. The second-order valence-corrected chi connectivity index (χ2v) is 9.70. The number of carbonyl (C=O) groups is 1. The monoisotopic (exact) mass is 368 g/mol. The Morgan fingerprint density at radius 2 is 1.92 bits per heavy atom. The number of fused-ring (bicyclic) bond motifs is 4. The molecule has 1 amide bonds. The quantitative estimate of drug-likeness (QED) is 0.807. The molecule has 3 fully saturated rings. The highest BCUT2D eigenvalue weighted by atomic mass is 32.2. The molecule has 4 heterocycles. The van der Waals surface area contributed by atoms with Gasteiger partial charge in [0.15, 0.2) is 0 Å². The topological polar surface area (TPSA) is 65.9 Å². The first kappa shape index (κ1) is 18.4. The van der Waals surface area contributed by atoms with Crippen LogP contribution in [0.25, 0.3) is 0 Å². The Labute approximate surface area is 150 Å². The van der Waals surface area contributed by atoms with Crippen LogP contribution in [0.2, 0.25) is 0 Å². The molecule has 0 aliphatic carbocycles. The Kier molecular flexibility index (Phi) is 4.96. The average molecular weight is 369 g/mol. The van der Waals surface area contributed by atoms with Gasteiger partial charge in [-0.3, -0.25) is 4.79 Å². The van der Waals surface area contributed by atoms with Gasteiger partial charge in [-0.1, -0.05) is 0 Å². The van der Waals surface area contributed by atoms with Gasteiger partial charge in [-0.05, 0) is 44.7 Å². The fraction of sp³-hybridized carbons (Fsp3) is 0.706. The van der Waals surface area contributed by atoms with E-state index in [1.54, 1.807) is 18.4 Å². The van der Waals surface area contributed by atoms with Crippen molar-refractivity contribution >= 4 is 16.1 Å². The Balaban J connectivity index is 1.86. The molecule has 140 valence electrons. The molecule has 0 unspecified atom stereocenters. The van der Waals surface area contributed by atoms with Crippen molar-refractivity contribution in [1.29, 1.82) is 0 Å². The molecule has 25 heavy (non-hydrogen) atoms. The summed E-state index contributed by atoms with van der Waals surface area (Å²) in [5.41, 5.74) is 0.685. The standard InChI is InChI=1S/C17H28N4O3S/c1-13(2)20-9-5-6-16(20)17(22)21-11-14-7-8-15(21)12-19(10-14)25(23,24)18(3)4/h5-6,9,13-15H,7-8,10-12H2,1-4H3/t14-,15+/m0/s1. The van der Waals surface area contributed by atoms with Crippen LogP contribution < -0.4 is 0 Å². The van der Waals surface area contributed by atoms with E-state index in [4.69, 9.17) is 0 Å². The molecular formula is C17H28N4O3S. The number of rotatable bonds is 4. The minimum atomic E-state index is -3.45. The highest BCUT2D eigenvalue weighted by Crippen LogP contribution is 2.31. The SMILES string of the molecule is CC(C)n1cccc1C(=O)N1C[C@H]2CC[C@@H]1CN(S(=O)(=O)N(C)C)C2. The Morgan fingerprint density at radius 3 is 2.56 bits per heavy atom. The number of nitrogens with zero attached hydrogens (tertiary/aromatic N) is 4. The number of piperidine rings is 1. The molecule has 1 aromatic rings. The van der Waals surface area contributed by atoms with Gasteiger partial charge < -0.3 is 9.47 Å². The van der Waals surface area contributed by atoms with Crippen LogP contribution in [0.4, 0.5) is 0 Å². The van der Waals surface area contributed by atoms with E-state index in [2.05, 4.69) is 13.8 Å². The van der Waals surface area contributed by atoms with Crippen molar-refractivity contribution in [2.45, 2.75) is 38.8 Å². The lowest BCUT2D eigenvalue weighted by molar-refractivity contribution is 0.0576. The van der Waals surface area contributed by atoms with Crippen LogP contribution in [0.5, 0.6) is 0 Å². The van der Waals surface area contributed by atoms with E-state index >= 15 is 0 Å². The van der Waals surface area contributed by atoms with Crippen molar-refractivity contribution in [1.82, 2.24) is 18.1 Å². The number of aromatic nitrogens is 1. The van der Waals surface area contributed by atoms with Gasteiger partial charge in [-0.25, -0.2) is 0 Å². The lowest BCUT2D eigenvalue weighted by atomic mass is 9.94. The van der Waals surface area contributed by atoms with E-state index in [-0.39, 0.29) is 23.9 Å². The van der Waals surface area contributed by atoms with Crippen LogP contribution in [-0.4, -0.2) is 72.2 Å². The van der Waals surface area contributed by atoms with Gasteiger partial charge in [0.25, 0.3) is 16.1 Å². The van der Waals surface area contributed by atoms with Crippen LogP contribution in [0.1, 0.15) is 43.2 Å². The summed E-state index contributed by atoms with van der Waals surface area (Å²) in [7, 11) is -0.338. The Bertz CT molecular complexity index is 741. The van der Waals surface area contributed by atoms with Gasteiger partial charge in [0, 0.05) is 52.0 Å². The van der Waals surface area contributed by atoms with E-state index in [1.165, 1.54) is 4.31 Å². The van der Waals surface area contributed by atoms with Crippen molar-refractivity contribution in [3.63, 3.8) is 0 Å². The molecule has 8 heteroatoms. The molecule has 1 aromatic heterocycles. The second kappa shape index (κ2) is 6.74. The zero-order valence-corrected chi connectivity index (χ0v) is 16.2. The smallest absolute Gasteiger partial charge is 0.281 e. The molecule has 2 bridgehead atoms. The molecule has 4 rings (SSSR count). The van der Waals surface area contributed by atoms with E-state index in [1.807, 2.05) is 27.8 Å². The van der Waals surface area contributed by atoms with Gasteiger partial charge in [0.1, 0.15) is 5.69 Å². The second-order valence-electron chi connectivity index (χ2n) is 7.56. The highest BCUT2D eigenvalue weighted by molar-refractivity contribution is 7.86. The zero-order valence-electron chi connectivity index (χ0n) is 15.4. The summed E-state index contributed by atoms with van der Waals surface area (Å²) in [4.78, 5) is 15.0. The summed E-state index contributed by atoms with van der Waals surface area (Å²) >= 11 is 0. The molecular weight excluding hydrogens is 340 g/mol. The van der Waals surface area contributed by atoms with Crippen molar-refractivity contribution < 1.29 is 13.2 Å². The van der Waals surface area contributed by atoms with Gasteiger partial charge in [0.2, 0.25) is 0 Å². The Morgan fingerprint density at radius 1 is 1.20 bits per heavy atom. The third-order valence-electron chi connectivity index (χ3n) is 5.28. The maximum Gasteiger partial charge on any atom is 0.281 e. The minimum Gasteiger partial charge on any atom is -0.341 e. The van der Waals surface area contributed by atoms with E-state index < -0.39 is 10.2 Å². The summed E-state index contributed by atoms with van der Waals surface area (Å²) in [6.07, 6.45) is 3.76. The fourth-order valence-corrected chi connectivity index (χ4v) is 5.10. The van der Waals surface area contributed by atoms with Crippen LogP contribution >= 0.6 is 0 Å². The summed E-state index contributed by atoms with van der Waals surface area (Å²) < 4.78 is 29.9. The van der Waals surface area contributed by atoms with Crippen molar-refractivity contribution in [2.75, 3.05) is 33.7 Å². The van der Waals surface area contributed by atoms with E-state index in [0.717, 1.165) is 12.8 Å². The van der Waals surface area contributed by atoms with Crippen LogP contribution in [0, 0.1) is 5.92 Å². The molecule has 7 nitrogen and oxygen atoms in total. The van der Waals surface area contributed by atoms with Crippen LogP contribution in [0.3, 0.4) is 0 Å². The van der Waals surface area contributed by atoms with Crippen LogP contribution in [-0.2, 0) is 10.2 Å². The molecule has 0 radical (unpaired) electrons. The molecule has 0 N–H and O–H groups in total. The third kappa shape index (κ3) is 3.35. The van der Waals surface area contributed by atoms with Crippen molar-refractivity contribution in [2.24, 2.45) is 5.92 Å². The van der Waals surface area contributed by atoms with Crippen LogP contribution in [0.15, 0.2) is 18.3 Å². The normalized spacial score (nSPS) is 25.0. The first-order valence-electron chi connectivity index (χ1n) is 8.87. The number of hydrogen-bond acceptors (Lipinski definition) is 3. The lowest BCUT2D eigenvalue weighted by Crippen LogP contribution is -2.49. The molecule has 2 atom stereocenters. The van der Waals surface area contributed by atoms with Crippen molar-refractivity contribution in [3.05, 3.63) is 24.0 Å². The predicted molar refractivity (Wildman–Crippen MR) is 96.5 cm³/mol. The van der Waals surface area contributed by atoms with Gasteiger partial charge in [-0.2, -0.15) is 17.0 Å². The van der Waals surface area contributed by atoms with Gasteiger partial charge in [0.05, 0.1) is 0 Å². The summed E-state index contributed by atoms with van der Waals surface area (Å²) in [5.74, 6) is 0.206. The minimum absolute atomic E-state index is 0.0116. The first-order valence-corrected chi connectivity index (χ1v) is 10.3. The Hall–Kier alpha value is -1.38. The lowest BCUT2D eigenvalue weighted by Gasteiger charge is -2.36. The molecule has 3 aliphatic rings. The first-order chi connectivity index (χ1) is 11.7. The van der Waals surface area contributed by atoms with Gasteiger partial charge >= 0.3 is 0 Å². The zero-order chi connectivity index (χ0) is 18.4. The predicted octanol–water partition coefficient (Wildman–Crippen LogP) is 1.41. The average Bonchev–Trinajstić information content (AvgIpc) is 2.86. The third-order valence-corrected chi connectivity index (χ3v) is 7.16. The van der Waals surface area contributed by atoms with E-state index in [0.29, 0.717) is 25.3 Å². The molecule has 3 aliphatic heterocycles. The van der Waals surface area contributed by atoms with E-state index in [9.17, 15) is 13.2 Å². The maximum atomic E-state index is 13.1. The number of carbonyl (C=O) groups excluding carboxylic acids is 1. The fourth-order valence-electron chi connectivity index (χ4n) is 3.88. The summed E-state index contributed by atoms with van der Waals surface area (Å²) in [5, 5.41) is 0. The number of hydrogen-bond donors (Lipinski definition) is 0. The van der Waals surface area contributed by atoms with Crippen molar-refractivity contribution in [3.8, 4) is 0 Å². The number of amides is 1. The largest absolute Gasteiger partial charge is 0.341 e. The molecule has 0 aromatic carbocycles. The highest BCUT2D eigenvalue weighted by Gasteiger charge is 2.41. The summed E-state index contributed by atoms with van der Waals surface area (Å²) in [6, 6.07) is 3.90. The molecule has 0 spiro atoms. The molecule has 3 saturated heterocycles. The molecule has 0 saturated carbocycles.